The van der Waals surface area contributed by atoms with Crippen LogP contribution in [0.5, 0.6) is 0 Å². The maximum atomic E-state index is 12.8. The summed E-state index contributed by atoms with van der Waals surface area (Å²) in [6.45, 7) is 1.52. The number of hydrogen-bond donors (Lipinski definition) is 1. The molecule has 0 heterocycles. The number of hydrogen-bond acceptors (Lipinski definition) is 5. The standard InChI is InChI=1S/C22H26N2O5S/c1-16(21(25)23-18-8-6-7-9-18)29-22(26)17-12-14-20(15-13-17)30(27,28)24(2)19-10-4-3-5-11-19/h3-5,10-16,18H,6-9H2,1-2H3,(H,23,25). The summed E-state index contributed by atoms with van der Waals surface area (Å²) in [4.78, 5) is 24.6. The van der Waals surface area contributed by atoms with Crippen molar-refractivity contribution in [1.29, 1.82) is 0 Å². The number of ether oxygens (including phenoxy) is 1. The molecule has 1 unspecified atom stereocenters. The number of rotatable bonds is 7. The van der Waals surface area contributed by atoms with Gasteiger partial charge in [0.25, 0.3) is 15.9 Å². The van der Waals surface area contributed by atoms with Crippen LogP contribution in [0.25, 0.3) is 0 Å². The van der Waals surface area contributed by atoms with Crippen LogP contribution in [0.2, 0.25) is 0 Å². The largest absolute Gasteiger partial charge is 0.449 e. The molecule has 1 N–H and O–H groups in total. The van der Waals surface area contributed by atoms with E-state index in [1.807, 2.05) is 0 Å². The Bertz CT molecular complexity index is 984. The Morgan fingerprint density at radius 2 is 1.63 bits per heavy atom. The number of carbonyl (C=O) groups excluding carboxylic acids is 2. The van der Waals surface area contributed by atoms with E-state index in [1.165, 1.54) is 42.5 Å². The molecule has 1 saturated carbocycles. The van der Waals surface area contributed by atoms with Gasteiger partial charge in [-0.15, -0.1) is 0 Å². The highest BCUT2D eigenvalue weighted by atomic mass is 32.2. The van der Waals surface area contributed by atoms with Gasteiger partial charge in [-0.25, -0.2) is 13.2 Å². The van der Waals surface area contributed by atoms with Gasteiger partial charge in [-0.2, -0.15) is 0 Å². The lowest BCUT2D eigenvalue weighted by molar-refractivity contribution is -0.129. The number of nitrogens with one attached hydrogen (secondary N) is 1. The monoisotopic (exact) mass is 430 g/mol. The van der Waals surface area contributed by atoms with E-state index in [0.29, 0.717) is 5.69 Å². The number of esters is 1. The summed E-state index contributed by atoms with van der Waals surface area (Å²) in [6.07, 6.45) is 3.15. The van der Waals surface area contributed by atoms with Crippen LogP contribution in [0.3, 0.4) is 0 Å². The smallest absolute Gasteiger partial charge is 0.338 e. The van der Waals surface area contributed by atoms with E-state index in [2.05, 4.69) is 5.32 Å². The first-order valence-corrected chi connectivity index (χ1v) is 11.4. The molecule has 1 amide bonds. The van der Waals surface area contributed by atoms with E-state index in [-0.39, 0.29) is 22.4 Å². The molecular weight excluding hydrogens is 404 g/mol. The van der Waals surface area contributed by atoms with E-state index in [9.17, 15) is 18.0 Å². The van der Waals surface area contributed by atoms with E-state index < -0.39 is 22.1 Å². The highest BCUT2D eigenvalue weighted by Gasteiger charge is 2.25. The zero-order chi connectivity index (χ0) is 21.7. The van der Waals surface area contributed by atoms with Gasteiger partial charge in [-0.1, -0.05) is 31.0 Å². The van der Waals surface area contributed by atoms with Crippen molar-refractivity contribution in [2.24, 2.45) is 0 Å². The Hall–Kier alpha value is -2.87. The quantitative estimate of drug-likeness (QED) is 0.682. The normalized spacial score (nSPS) is 15.4. The first kappa shape index (κ1) is 21.8. The lowest BCUT2D eigenvalue weighted by Crippen LogP contribution is -2.40. The van der Waals surface area contributed by atoms with Crippen LogP contribution in [0.1, 0.15) is 43.0 Å². The fourth-order valence-corrected chi connectivity index (χ4v) is 4.56. The molecule has 1 atom stereocenters. The van der Waals surface area contributed by atoms with Gasteiger partial charge in [0, 0.05) is 13.1 Å². The molecule has 30 heavy (non-hydrogen) atoms. The minimum Gasteiger partial charge on any atom is -0.449 e. The molecular formula is C22H26N2O5S. The fourth-order valence-electron chi connectivity index (χ4n) is 3.37. The third kappa shape index (κ3) is 4.99. The zero-order valence-electron chi connectivity index (χ0n) is 17.1. The summed E-state index contributed by atoms with van der Waals surface area (Å²) in [6, 6.07) is 14.3. The van der Waals surface area contributed by atoms with Gasteiger partial charge in [-0.05, 0) is 56.2 Å². The highest BCUT2D eigenvalue weighted by Crippen LogP contribution is 2.22. The van der Waals surface area contributed by atoms with Crippen molar-refractivity contribution in [2.75, 3.05) is 11.4 Å². The number of para-hydroxylation sites is 1. The topological polar surface area (TPSA) is 92.8 Å². The zero-order valence-corrected chi connectivity index (χ0v) is 17.9. The van der Waals surface area contributed by atoms with Crippen molar-refractivity contribution in [2.45, 2.75) is 49.6 Å². The fraction of sp³-hybridized carbons (Fsp3) is 0.364. The average molecular weight is 431 g/mol. The summed E-state index contributed by atoms with van der Waals surface area (Å²) >= 11 is 0. The maximum Gasteiger partial charge on any atom is 0.338 e. The molecule has 2 aromatic rings. The van der Waals surface area contributed by atoms with Crippen LogP contribution in [0.15, 0.2) is 59.5 Å². The highest BCUT2D eigenvalue weighted by molar-refractivity contribution is 7.92. The second kappa shape index (κ2) is 9.30. The first-order valence-electron chi connectivity index (χ1n) is 9.94. The molecule has 1 aliphatic carbocycles. The molecule has 3 rings (SSSR count). The number of benzene rings is 2. The summed E-state index contributed by atoms with van der Waals surface area (Å²) < 4.78 is 32.0. The number of sulfonamides is 1. The van der Waals surface area contributed by atoms with E-state index in [0.717, 1.165) is 25.7 Å². The first-order chi connectivity index (χ1) is 14.3. The average Bonchev–Trinajstić information content (AvgIpc) is 3.26. The summed E-state index contributed by atoms with van der Waals surface area (Å²) in [5.74, 6) is -0.997. The van der Waals surface area contributed by atoms with Crippen molar-refractivity contribution >= 4 is 27.6 Å². The van der Waals surface area contributed by atoms with E-state index in [1.54, 1.807) is 30.3 Å². The predicted octanol–water partition coefficient (Wildman–Crippen LogP) is 3.12. The van der Waals surface area contributed by atoms with Crippen LogP contribution in [0.4, 0.5) is 5.69 Å². The van der Waals surface area contributed by atoms with Crippen molar-refractivity contribution < 1.29 is 22.7 Å². The Labute approximate surface area is 177 Å². The number of amides is 1. The Morgan fingerprint density at radius 1 is 1.03 bits per heavy atom. The van der Waals surface area contributed by atoms with Gasteiger partial charge >= 0.3 is 5.97 Å². The van der Waals surface area contributed by atoms with Crippen molar-refractivity contribution in [3.05, 3.63) is 60.2 Å². The van der Waals surface area contributed by atoms with Crippen molar-refractivity contribution in [3.63, 3.8) is 0 Å². The lowest BCUT2D eigenvalue weighted by Gasteiger charge is -2.19. The van der Waals surface area contributed by atoms with Gasteiger partial charge < -0.3 is 10.1 Å². The molecule has 1 aliphatic rings. The van der Waals surface area contributed by atoms with Crippen LogP contribution in [-0.4, -0.2) is 39.5 Å². The number of anilines is 1. The third-order valence-electron chi connectivity index (χ3n) is 5.22. The molecule has 0 aliphatic heterocycles. The molecule has 0 aromatic heterocycles. The number of carbonyl (C=O) groups is 2. The molecule has 160 valence electrons. The third-order valence-corrected chi connectivity index (χ3v) is 7.02. The van der Waals surface area contributed by atoms with Crippen LogP contribution in [-0.2, 0) is 19.6 Å². The predicted molar refractivity (Wildman–Crippen MR) is 114 cm³/mol. The second-order valence-electron chi connectivity index (χ2n) is 7.37. The van der Waals surface area contributed by atoms with Gasteiger partial charge in [0.2, 0.25) is 0 Å². The van der Waals surface area contributed by atoms with Gasteiger partial charge in [0.1, 0.15) is 0 Å². The van der Waals surface area contributed by atoms with Crippen molar-refractivity contribution in [3.8, 4) is 0 Å². The lowest BCUT2D eigenvalue weighted by atomic mass is 10.2. The summed E-state index contributed by atoms with van der Waals surface area (Å²) in [5.41, 5.74) is 0.708. The van der Waals surface area contributed by atoms with Crippen LogP contribution < -0.4 is 9.62 Å². The number of nitrogens with zero attached hydrogens (tertiary/aromatic N) is 1. The van der Waals surface area contributed by atoms with Crippen LogP contribution in [0, 0.1) is 0 Å². The Morgan fingerprint density at radius 3 is 2.23 bits per heavy atom. The molecule has 0 bridgehead atoms. The molecule has 2 aromatic carbocycles. The second-order valence-corrected chi connectivity index (χ2v) is 9.34. The van der Waals surface area contributed by atoms with Crippen LogP contribution >= 0.6 is 0 Å². The molecule has 8 heteroatoms. The molecule has 0 spiro atoms. The molecule has 7 nitrogen and oxygen atoms in total. The van der Waals surface area contributed by atoms with Gasteiger partial charge in [0.05, 0.1) is 16.1 Å². The van der Waals surface area contributed by atoms with E-state index >= 15 is 0 Å². The van der Waals surface area contributed by atoms with Gasteiger partial charge in [-0.3, -0.25) is 9.10 Å². The molecule has 1 fully saturated rings. The summed E-state index contributed by atoms with van der Waals surface area (Å²) in [5, 5.41) is 2.89. The Kier molecular flexibility index (Phi) is 6.77. The minimum absolute atomic E-state index is 0.0532. The molecule has 0 saturated heterocycles. The summed E-state index contributed by atoms with van der Waals surface area (Å²) in [7, 11) is -2.30. The maximum absolute atomic E-state index is 12.8. The van der Waals surface area contributed by atoms with Gasteiger partial charge in [0.15, 0.2) is 6.10 Å². The molecule has 0 radical (unpaired) electrons. The Balaban J connectivity index is 1.64. The van der Waals surface area contributed by atoms with Crippen molar-refractivity contribution in [1.82, 2.24) is 5.32 Å². The SMILES string of the molecule is CC(OC(=O)c1ccc(S(=O)(=O)N(C)c2ccccc2)cc1)C(=O)NC1CCCC1. The van der Waals surface area contributed by atoms with E-state index in [4.69, 9.17) is 4.74 Å². The minimum atomic E-state index is -3.77.